The number of nitrogens with two attached hydrogens (primary N) is 1. The van der Waals surface area contributed by atoms with Gasteiger partial charge in [0.2, 0.25) is 5.91 Å². The van der Waals surface area contributed by atoms with Gasteiger partial charge in [0, 0.05) is 41.4 Å². The molecule has 7 nitrogen and oxygen atoms in total. The van der Waals surface area contributed by atoms with E-state index in [0.29, 0.717) is 16.6 Å². The number of esters is 1. The van der Waals surface area contributed by atoms with Crippen LogP contribution in [0.15, 0.2) is 51.7 Å². The van der Waals surface area contributed by atoms with Crippen LogP contribution < -0.4 is 16.7 Å². The summed E-state index contributed by atoms with van der Waals surface area (Å²) < 4.78 is 23.4. The molecule has 138 valence electrons. The highest BCUT2D eigenvalue weighted by atomic mass is 19.1. The topological polar surface area (TPSA) is 112 Å². The maximum atomic E-state index is 13.1. The van der Waals surface area contributed by atoms with Crippen molar-refractivity contribution in [2.24, 2.45) is 0 Å². The fourth-order valence-corrected chi connectivity index (χ4v) is 2.57. The second kappa shape index (κ2) is 7.28. The predicted molar refractivity (Wildman–Crippen MR) is 96.7 cm³/mol. The Balaban J connectivity index is 1.87. The number of carbonyl (C=O) groups is 2. The average Bonchev–Trinajstić information content (AvgIpc) is 2.58. The van der Waals surface area contributed by atoms with Crippen LogP contribution in [0.3, 0.4) is 0 Å². The normalized spacial score (nSPS) is 10.6. The summed E-state index contributed by atoms with van der Waals surface area (Å²) in [5, 5.41) is 3.13. The molecular formula is C19H15FN2O5. The first kappa shape index (κ1) is 18.1. The summed E-state index contributed by atoms with van der Waals surface area (Å²) in [6.07, 6.45) is 0. The lowest BCUT2D eigenvalue weighted by atomic mass is 10.1. The van der Waals surface area contributed by atoms with E-state index >= 15 is 0 Å². The number of rotatable bonds is 4. The van der Waals surface area contributed by atoms with Crippen molar-refractivity contribution in [1.82, 2.24) is 0 Å². The Hall–Kier alpha value is -3.68. The summed E-state index contributed by atoms with van der Waals surface area (Å²) in [4.78, 5) is 35.1. The number of benzene rings is 2. The standard InChI is InChI=1S/C19H15FN2O5/c1-10(23)22-13-3-5-14-11(6-18(24)27-17(14)8-13)9-26-19(25)15-4-2-12(20)7-16(15)21/h2-8H,9,21H2,1H3,(H,22,23). The van der Waals surface area contributed by atoms with Crippen molar-refractivity contribution in [3.63, 3.8) is 0 Å². The molecule has 0 fully saturated rings. The molecule has 1 heterocycles. The molecule has 0 aliphatic carbocycles. The molecule has 1 amide bonds. The summed E-state index contributed by atoms with van der Waals surface area (Å²) >= 11 is 0. The Labute approximate surface area is 152 Å². The second-order valence-corrected chi connectivity index (χ2v) is 5.79. The van der Waals surface area contributed by atoms with E-state index in [1.165, 1.54) is 25.1 Å². The van der Waals surface area contributed by atoms with Gasteiger partial charge >= 0.3 is 11.6 Å². The zero-order valence-corrected chi connectivity index (χ0v) is 14.2. The van der Waals surface area contributed by atoms with Gasteiger partial charge in [-0.15, -0.1) is 0 Å². The van der Waals surface area contributed by atoms with Crippen LogP contribution in [0, 0.1) is 5.82 Å². The smallest absolute Gasteiger partial charge is 0.340 e. The van der Waals surface area contributed by atoms with Gasteiger partial charge in [-0.2, -0.15) is 0 Å². The lowest BCUT2D eigenvalue weighted by Crippen LogP contribution is -2.10. The van der Waals surface area contributed by atoms with E-state index in [1.807, 2.05) is 0 Å². The fourth-order valence-electron chi connectivity index (χ4n) is 2.57. The molecule has 0 radical (unpaired) electrons. The third-order valence-electron chi connectivity index (χ3n) is 3.74. The summed E-state index contributed by atoms with van der Waals surface area (Å²) in [6, 6.07) is 9.33. The molecule has 3 aromatic rings. The molecular weight excluding hydrogens is 355 g/mol. The molecule has 0 unspecified atom stereocenters. The molecule has 0 saturated carbocycles. The van der Waals surface area contributed by atoms with E-state index in [2.05, 4.69) is 5.32 Å². The van der Waals surface area contributed by atoms with E-state index < -0.39 is 17.4 Å². The molecule has 0 atom stereocenters. The SMILES string of the molecule is CC(=O)Nc1ccc2c(COC(=O)c3ccc(F)cc3N)cc(=O)oc2c1. The summed E-state index contributed by atoms with van der Waals surface area (Å²) in [5.74, 6) is -1.58. The van der Waals surface area contributed by atoms with Crippen LogP contribution in [-0.4, -0.2) is 11.9 Å². The van der Waals surface area contributed by atoms with Gasteiger partial charge in [-0.25, -0.2) is 14.0 Å². The van der Waals surface area contributed by atoms with Gasteiger partial charge in [0.05, 0.1) is 5.56 Å². The highest BCUT2D eigenvalue weighted by Crippen LogP contribution is 2.23. The Morgan fingerprint density at radius 2 is 1.96 bits per heavy atom. The maximum Gasteiger partial charge on any atom is 0.340 e. The quantitative estimate of drug-likeness (QED) is 0.415. The van der Waals surface area contributed by atoms with Gasteiger partial charge in [0.1, 0.15) is 18.0 Å². The third kappa shape index (κ3) is 4.12. The van der Waals surface area contributed by atoms with E-state index in [-0.39, 0.29) is 29.3 Å². The molecule has 1 aromatic heterocycles. The summed E-state index contributed by atoms with van der Waals surface area (Å²) in [5.41, 5.74) is 6.10. The molecule has 2 aromatic carbocycles. The lowest BCUT2D eigenvalue weighted by molar-refractivity contribution is -0.114. The van der Waals surface area contributed by atoms with Gasteiger partial charge in [0.25, 0.3) is 0 Å². The molecule has 0 bridgehead atoms. The molecule has 0 spiro atoms. The van der Waals surface area contributed by atoms with Crippen molar-refractivity contribution < 1.29 is 23.1 Å². The third-order valence-corrected chi connectivity index (χ3v) is 3.74. The number of carbonyl (C=O) groups excluding carboxylic acids is 2. The number of nitrogens with one attached hydrogen (secondary N) is 1. The van der Waals surface area contributed by atoms with Crippen LogP contribution in [0.4, 0.5) is 15.8 Å². The van der Waals surface area contributed by atoms with Gasteiger partial charge in [-0.05, 0) is 30.3 Å². The van der Waals surface area contributed by atoms with Crippen LogP contribution >= 0.6 is 0 Å². The van der Waals surface area contributed by atoms with Gasteiger partial charge < -0.3 is 20.2 Å². The molecule has 27 heavy (non-hydrogen) atoms. The van der Waals surface area contributed by atoms with Crippen LogP contribution in [0.1, 0.15) is 22.8 Å². The van der Waals surface area contributed by atoms with Crippen LogP contribution in [-0.2, 0) is 16.1 Å². The van der Waals surface area contributed by atoms with E-state index in [4.69, 9.17) is 14.9 Å². The average molecular weight is 370 g/mol. The molecule has 0 saturated heterocycles. The Bertz CT molecular complexity index is 1110. The lowest BCUT2D eigenvalue weighted by Gasteiger charge is -2.10. The Morgan fingerprint density at radius 3 is 2.67 bits per heavy atom. The van der Waals surface area contributed by atoms with E-state index in [9.17, 15) is 18.8 Å². The van der Waals surface area contributed by atoms with Crippen molar-refractivity contribution in [1.29, 1.82) is 0 Å². The number of anilines is 2. The van der Waals surface area contributed by atoms with Gasteiger partial charge in [0.15, 0.2) is 0 Å². The zero-order chi connectivity index (χ0) is 19.6. The molecule has 3 rings (SSSR count). The highest BCUT2D eigenvalue weighted by molar-refractivity contribution is 5.95. The van der Waals surface area contributed by atoms with Crippen LogP contribution in [0.2, 0.25) is 0 Å². The maximum absolute atomic E-state index is 13.1. The number of nitrogen functional groups attached to an aromatic ring is 1. The molecule has 3 N–H and O–H groups in total. The summed E-state index contributed by atoms with van der Waals surface area (Å²) in [7, 11) is 0. The van der Waals surface area contributed by atoms with Crippen LogP contribution in [0.5, 0.6) is 0 Å². The molecule has 8 heteroatoms. The number of amides is 1. The van der Waals surface area contributed by atoms with Crippen molar-refractivity contribution in [2.75, 3.05) is 11.1 Å². The number of ether oxygens (including phenoxy) is 1. The highest BCUT2D eigenvalue weighted by Gasteiger charge is 2.14. The number of fused-ring (bicyclic) bond motifs is 1. The minimum atomic E-state index is -0.747. The summed E-state index contributed by atoms with van der Waals surface area (Å²) in [6.45, 7) is 1.15. The van der Waals surface area contributed by atoms with Crippen molar-refractivity contribution >= 4 is 34.2 Å². The van der Waals surface area contributed by atoms with Gasteiger partial charge in [-0.1, -0.05) is 0 Å². The zero-order valence-electron chi connectivity index (χ0n) is 14.2. The fraction of sp³-hybridized carbons (Fsp3) is 0.105. The minimum Gasteiger partial charge on any atom is -0.457 e. The van der Waals surface area contributed by atoms with E-state index in [0.717, 1.165) is 12.1 Å². The predicted octanol–water partition coefficient (Wildman–Crippen LogP) is 2.83. The first-order valence-electron chi connectivity index (χ1n) is 7.90. The monoisotopic (exact) mass is 370 g/mol. The largest absolute Gasteiger partial charge is 0.457 e. The minimum absolute atomic E-state index is 0.0246. The first-order valence-corrected chi connectivity index (χ1v) is 7.90. The van der Waals surface area contributed by atoms with Crippen molar-refractivity contribution in [3.05, 3.63) is 69.8 Å². The molecule has 0 aliphatic rings. The number of halogens is 1. The Morgan fingerprint density at radius 1 is 1.19 bits per heavy atom. The number of hydrogen-bond donors (Lipinski definition) is 2. The number of hydrogen-bond acceptors (Lipinski definition) is 6. The molecule has 0 aliphatic heterocycles. The van der Waals surface area contributed by atoms with Gasteiger partial charge in [-0.3, -0.25) is 4.79 Å². The van der Waals surface area contributed by atoms with Crippen molar-refractivity contribution in [2.45, 2.75) is 13.5 Å². The Kier molecular flexibility index (Phi) is 4.89. The van der Waals surface area contributed by atoms with Crippen LogP contribution in [0.25, 0.3) is 11.0 Å². The first-order chi connectivity index (χ1) is 12.8. The second-order valence-electron chi connectivity index (χ2n) is 5.79. The van der Waals surface area contributed by atoms with E-state index in [1.54, 1.807) is 12.1 Å². The van der Waals surface area contributed by atoms with Crippen molar-refractivity contribution in [3.8, 4) is 0 Å².